The molecule has 0 aliphatic carbocycles. The number of imide groups is 1. The van der Waals surface area contributed by atoms with Crippen LogP contribution < -0.4 is 10.1 Å². The number of thioether (sulfide) groups is 1. The van der Waals surface area contributed by atoms with Gasteiger partial charge in [-0.1, -0.05) is 47.5 Å². The normalized spacial score (nSPS) is 14.7. The predicted molar refractivity (Wildman–Crippen MR) is 124 cm³/mol. The van der Waals surface area contributed by atoms with E-state index in [0.29, 0.717) is 26.9 Å². The van der Waals surface area contributed by atoms with Crippen LogP contribution in [0.1, 0.15) is 22.8 Å². The van der Waals surface area contributed by atoms with Gasteiger partial charge < -0.3 is 10.1 Å². The van der Waals surface area contributed by atoms with Crippen molar-refractivity contribution < 1.29 is 23.9 Å². The molecular formula is C22H18Cl2N2O5S. The zero-order valence-electron chi connectivity index (χ0n) is 16.9. The third-order valence-corrected chi connectivity index (χ3v) is 6.15. The molecule has 0 bridgehead atoms. The highest BCUT2D eigenvalue weighted by molar-refractivity contribution is 8.18. The SMILES string of the molecule is CC(=O)c1cccc(OCC(=O)NCCN2C(=O)S/C(=C\c3cccc(Cl)c3Cl)C2=O)c1. The number of benzene rings is 2. The Kier molecular flexibility index (Phi) is 7.95. The fourth-order valence-electron chi connectivity index (χ4n) is 2.78. The number of nitrogens with one attached hydrogen (secondary N) is 1. The molecule has 3 rings (SSSR count). The van der Waals surface area contributed by atoms with Gasteiger partial charge >= 0.3 is 0 Å². The van der Waals surface area contributed by atoms with Crippen molar-refractivity contribution in [2.45, 2.75) is 6.92 Å². The van der Waals surface area contributed by atoms with Crippen molar-refractivity contribution in [1.82, 2.24) is 10.2 Å². The lowest BCUT2D eigenvalue weighted by atomic mass is 10.1. The molecule has 2 aromatic carbocycles. The predicted octanol–water partition coefficient (Wildman–Crippen LogP) is 4.43. The number of amides is 3. The van der Waals surface area contributed by atoms with Crippen LogP contribution in [0.25, 0.3) is 6.08 Å². The van der Waals surface area contributed by atoms with E-state index in [0.717, 1.165) is 16.7 Å². The van der Waals surface area contributed by atoms with Crippen LogP contribution in [0.5, 0.6) is 5.75 Å². The molecule has 10 heteroatoms. The molecule has 7 nitrogen and oxygen atoms in total. The first-order valence-electron chi connectivity index (χ1n) is 9.46. The molecule has 3 amide bonds. The second-order valence-electron chi connectivity index (χ2n) is 6.70. The molecule has 166 valence electrons. The lowest BCUT2D eigenvalue weighted by Gasteiger charge is -2.13. The Morgan fingerprint density at radius 1 is 1.16 bits per heavy atom. The summed E-state index contributed by atoms with van der Waals surface area (Å²) in [6.45, 7) is 1.25. The van der Waals surface area contributed by atoms with Gasteiger partial charge in [0.25, 0.3) is 17.1 Å². The number of halogens is 2. The van der Waals surface area contributed by atoms with Crippen molar-refractivity contribution in [2.24, 2.45) is 0 Å². The Hall–Kier alpha value is -2.81. The Morgan fingerprint density at radius 3 is 2.66 bits per heavy atom. The number of ketones is 1. The molecule has 1 aliphatic heterocycles. The van der Waals surface area contributed by atoms with E-state index in [-0.39, 0.29) is 30.4 Å². The van der Waals surface area contributed by atoms with Gasteiger partial charge in [-0.05, 0) is 48.5 Å². The summed E-state index contributed by atoms with van der Waals surface area (Å²) in [5.41, 5.74) is 1.01. The van der Waals surface area contributed by atoms with Crippen LogP contribution in [-0.2, 0) is 9.59 Å². The summed E-state index contributed by atoms with van der Waals surface area (Å²) in [5, 5.41) is 2.79. The van der Waals surface area contributed by atoms with E-state index in [2.05, 4.69) is 5.32 Å². The van der Waals surface area contributed by atoms with Gasteiger partial charge in [-0.2, -0.15) is 0 Å². The molecule has 1 heterocycles. The monoisotopic (exact) mass is 492 g/mol. The van der Waals surface area contributed by atoms with Gasteiger partial charge in [-0.25, -0.2) is 0 Å². The highest BCUT2D eigenvalue weighted by Gasteiger charge is 2.34. The third kappa shape index (κ3) is 5.91. The minimum absolute atomic E-state index is 0.0108. The quantitative estimate of drug-likeness (QED) is 0.432. The Labute approximate surface area is 198 Å². The number of ether oxygens (including phenoxy) is 1. The smallest absolute Gasteiger partial charge is 0.293 e. The highest BCUT2D eigenvalue weighted by Crippen LogP contribution is 2.34. The number of carbonyl (C=O) groups is 4. The maximum atomic E-state index is 12.6. The summed E-state index contributed by atoms with van der Waals surface area (Å²) in [6.07, 6.45) is 1.51. The lowest BCUT2D eigenvalue weighted by Crippen LogP contribution is -2.38. The molecule has 0 radical (unpaired) electrons. The van der Waals surface area contributed by atoms with E-state index in [9.17, 15) is 19.2 Å². The average molecular weight is 493 g/mol. The largest absolute Gasteiger partial charge is 0.484 e. The number of carbonyl (C=O) groups excluding carboxylic acids is 4. The van der Waals surface area contributed by atoms with Gasteiger partial charge in [-0.15, -0.1) is 0 Å². The standard InChI is InChI=1S/C22H18Cl2N2O5S/c1-13(27)14-4-2-6-16(10-14)31-12-19(28)25-8-9-26-21(29)18(32-22(26)30)11-15-5-3-7-17(23)20(15)24/h2-7,10-11H,8-9,12H2,1H3,(H,25,28)/b18-11-. The second-order valence-corrected chi connectivity index (χ2v) is 8.48. The van der Waals surface area contributed by atoms with Crippen LogP contribution in [0.3, 0.4) is 0 Å². The van der Waals surface area contributed by atoms with Gasteiger partial charge in [0.1, 0.15) is 5.75 Å². The number of hydrogen-bond acceptors (Lipinski definition) is 6. The number of rotatable bonds is 8. The summed E-state index contributed by atoms with van der Waals surface area (Å²) in [7, 11) is 0. The van der Waals surface area contributed by atoms with Crippen LogP contribution in [0, 0.1) is 0 Å². The summed E-state index contributed by atoms with van der Waals surface area (Å²) in [4.78, 5) is 49.5. The van der Waals surface area contributed by atoms with Crippen LogP contribution >= 0.6 is 35.0 Å². The van der Waals surface area contributed by atoms with E-state index in [4.69, 9.17) is 27.9 Å². The molecule has 0 atom stereocenters. The summed E-state index contributed by atoms with van der Waals surface area (Å²) < 4.78 is 5.38. The molecular weight excluding hydrogens is 475 g/mol. The zero-order valence-corrected chi connectivity index (χ0v) is 19.2. The van der Waals surface area contributed by atoms with E-state index < -0.39 is 17.1 Å². The molecule has 1 aliphatic rings. The van der Waals surface area contributed by atoms with Crippen molar-refractivity contribution in [2.75, 3.05) is 19.7 Å². The second kappa shape index (κ2) is 10.7. The first kappa shape index (κ1) is 23.8. The van der Waals surface area contributed by atoms with Crippen molar-refractivity contribution in [3.05, 3.63) is 68.5 Å². The van der Waals surface area contributed by atoms with Crippen LogP contribution in [-0.4, -0.2) is 47.4 Å². The van der Waals surface area contributed by atoms with Crippen molar-refractivity contribution in [3.63, 3.8) is 0 Å². The molecule has 1 fully saturated rings. The molecule has 2 aromatic rings. The minimum Gasteiger partial charge on any atom is -0.484 e. The van der Waals surface area contributed by atoms with Crippen LogP contribution in [0.4, 0.5) is 4.79 Å². The maximum Gasteiger partial charge on any atom is 0.293 e. The first-order valence-corrected chi connectivity index (χ1v) is 11.0. The highest BCUT2D eigenvalue weighted by atomic mass is 35.5. The van der Waals surface area contributed by atoms with Gasteiger partial charge in [0.05, 0.1) is 15.0 Å². The van der Waals surface area contributed by atoms with Gasteiger partial charge in [0.15, 0.2) is 12.4 Å². The van der Waals surface area contributed by atoms with Gasteiger partial charge in [-0.3, -0.25) is 24.1 Å². The summed E-state index contributed by atoms with van der Waals surface area (Å²) >= 11 is 12.9. The molecule has 32 heavy (non-hydrogen) atoms. The molecule has 0 aromatic heterocycles. The lowest BCUT2D eigenvalue weighted by molar-refractivity contribution is -0.125. The van der Waals surface area contributed by atoms with Crippen molar-refractivity contribution >= 4 is 63.9 Å². The molecule has 0 spiro atoms. The Morgan fingerprint density at radius 2 is 1.91 bits per heavy atom. The average Bonchev–Trinajstić information content (AvgIpc) is 3.03. The minimum atomic E-state index is -0.470. The van der Waals surface area contributed by atoms with Crippen molar-refractivity contribution in [3.8, 4) is 5.75 Å². The van der Waals surface area contributed by atoms with E-state index in [1.54, 1.807) is 42.5 Å². The fraction of sp³-hybridized carbons (Fsp3) is 0.182. The van der Waals surface area contributed by atoms with Gasteiger partial charge in [0, 0.05) is 18.7 Å². The van der Waals surface area contributed by atoms with E-state index in [1.165, 1.54) is 13.0 Å². The van der Waals surface area contributed by atoms with E-state index in [1.807, 2.05) is 0 Å². The number of nitrogens with zero attached hydrogens (tertiary/aromatic N) is 1. The van der Waals surface area contributed by atoms with Crippen molar-refractivity contribution in [1.29, 1.82) is 0 Å². The maximum absolute atomic E-state index is 12.6. The fourth-order valence-corrected chi connectivity index (χ4v) is 4.00. The Bertz CT molecular complexity index is 1120. The molecule has 1 N–H and O–H groups in total. The Balaban J connectivity index is 1.51. The zero-order chi connectivity index (χ0) is 23.3. The molecule has 0 unspecified atom stereocenters. The number of Topliss-reactive ketones (excluding diaryl/α,β-unsaturated/α-hetero) is 1. The summed E-state index contributed by atoms with van der Waals surface area (Å²) in [6, 6.07) is 11.5. The molecule has 0 saturated carbocycles. The van der Waals surface area contributed by atoms with Crippen LogP contribution in [0.2, 0.25) is 10.0 Å². The topological polar surface area (TPSA) is 92.8 Å². The third-order valence-electron chi connectivity index (χ3n) is 4.41. The first-order chi connectivity index (χ1) is 15.3. The van der Waals surface area contributed by atoms with Crippen LogP contribution in [0.15, 0.2) is 47.4 Å². The summed E-state index contributed by atoms with van der Waals surface area (Å²) in [5.74, 6) is -0.610. The van der Waals surface area contributed by atoms with Gasteiger partial charge in [0.2, 0.25) is 0 Å². The van der Waals surface area contributed by atoms with E-state index >= 15 is 0 Å². The number of hydrogen-bond donors (Lipinski definition) is 1. The molecule has 1 saturated heterocycles.